The number of hydrogen-bond acceptors (Lipinski definition) is 2. The molecule has 0 aliphatic carbocycles. The van der Waals surface area contributed by atoms with Crippen LogP contribution in [0.15, 0.2) is 66.9 Å². The van der Waals surface area contributed by atoms with Crippen LogP contribution in [0, 0.1) is 0 Å². The number of phenols is 1. The van der Waals surface area contributed by atoms with Crippen LogP contribution in [0.5, 0.6) is 5.75 Å². The van der Waals surface area contributed by atoms with Crippen LogP contribution in [0.4, 0.5) is 0 Å². The van der Waals surface area contributed by atoms with Gasteiger partial charge in [0.15, 0.2) is 5.78 Å². The normalized spacial score (nSPS) is 18.3. The van der Waals surface area contributed by atoms with Crippen LogP contribution in [-0.2, 0) is 6.54 Å². The van der Waals surface area contributed by atoms with Crippen molar-refractivity contribution in [3.63, 3.8) is 0 Å². The number of aromatic hydroxyl groups is 1. The molecule has 0 bridgehead atoms. The third-order valence-electron chi connectivity index (χ3n) is 4.54. The van der Waals surface area contributed by atoms with E-state index in [1.165, 1.54) is 29.0 Å². The van der Waals surface area contributed by atoms with Crippen LogP contribution in [0.25, 0.3) is 21.7 Å². The lowest BCUT2D eigenvalue weighted by molar-refractivity contribution is 0.104. The molecule has 4 aromatic rings. The summed E-state index contributed by atoms with van der Waals surface area (Å²) in [6.45, 7) is -4.19. The molecule has 0 saturated heterocycles. The van der Waals surface area contributed by atoms with Gasteiger partial charge in [-0.3, -0.25) is 4.79 Å². The fourth-order valence-corrected chi connectivity index (χ4v) is 3.33. The van der Waals surface area contributed by atoms with Crippen molar-refractivity contribution in [1.29, 1.82) is 0 Å². The van der Waals surface area contributed by atoms with Gasteiger partial charge in [-0.15, -0.1) is 0 Å². The van der Waals surface area contributed by atoms with Gasteiger partial charge in [-0.05, 0) is 35.3 Å². The SMILES string of the molecule is [2H]C([2H])([2H])C([2H])([2H])C([2H])([2H])C([2H])([2H])Cn1cc(C(=O)c2cccc3ccccc23)c2cc(O)ccc21. The van der Waals surface area contributed by atoms with E-state index in [2.05, 4.69) is 0 Å². The number of nitrogens with zero attached hydrogens (tertiary/aromatic N) is 1. The molecule has 0 aliphatic heterocycles. The lowest BCUT2D eigenvalue weighted by Gasteiger charge is -2.05. The number of aromatic nitrogens is 1. The van der Waals surface area contributed by atoms with E-state index in [9.17, 15) is 9.90 Å². The van der Waals surface area contributed by atoms with Crippen LogP contribution >= 0.6 is 0 Å². The molecule has 0 atom stereocenters. The second kappa shape index (κ2) is 7.28. The van der Waals surface area contributed by atoms with Crippen LogP contribution in [-0.4, -0.2) is 15.5 Å². The molecular weight excluding hydrogens is 334 g/mol. The van der Waals surface area contributed by atoms with Crippen LogP contribution in [0.1, 0.15) is 54.2 Å². The predicted octanol–water partition coefficient (Wildman–Crippen LogP) is 5.92. The van der Waals surface area contributed by atoms with Crippen LogP contribution in [0.3, 0.4) is 0 Å². The Bertz CT molecular complexity index is 1470. The Balaban J connectivity index is 1.84. The summed E-state index contributed by atoms with van der Waals surface area (Å²) in [4.78, 5) is 13.7. The third-order valence-corrected chi connectivity index (χ3v) is 4.54. The van der Waals surface area contributed by atoms with E-state index < -0.39 is 38.3 Å². The number of rotatable bonds is 6. The Morgan fingerprint density at radius 2 is 1.89 bits per heavy atom. The lowest BCUT2D eigenvalue weighted by atomic mass is 9.97. The molecule has 0 spiro atoms. The average molecular weight is 367 g/mol. The predicted molar refractivity (Wildman–Crippen MR) is 111 cm³/mol. The smallest absolute Gasteiger partial charge is 0.195 e. The van der Waals surface area contributed by atoms with Crippen molar-refractivity contribution in [2.45, 2.75) is 32.5 Å². The van der Waals surface area contributed by atoms with Gasteiger partial charge in [0.05, 0.1) is 0 Å². The fourth-order valence-electron chi connectivity index (χ4n) is 3.33. The molecule has 0 amide bonds. The molecule has 3 aromatic carbocycles. The number of phenolic OH excluding ortho intramolecular Hbond substituents is 1. The summed E-state index contributed by atoms with van der Waals surface area (Å²) in [5, 5.41) is 11.9. The largest absolute Gasteiger partial charge is 0.508 e. The molecule has 0 saturated carbocycles. The molecule has 1 N–H and O–H groups in total. The van der Waals surface area contributed by atoms with Crippen LogP contribution < -0.4 is 0 Å². The zero-order valence-electron chi connectivity index (χ0n) is 23.4. The van der Waals surface area contributed by atoms with E-state index >= 15 is 0 Å². The van der Waals surface area contributed by atoms with Crippen molar-refractivity contribution in [2.24, 2.45) is 0 Å². The number of carbonyl (C=O) groups is 1. The highest BCUT2D eigenvalue weighted by atomic mass is 16.3. The molecule has 27 heavy (non-hydrogen) atoms. The van der Waals surface area contributed by atoms with Gasteiger partial charge in [0, 0.05) is 47.1 Å². The average Bonchev–Trinajstić information content (AvgIpc) is 3.13. The Morgan fingerprint density at radius 3 is 2.78 bits per heavy atom. The summed E-state index contributed by atoms with van der Waals surface area (Å²) >= 11 is 0. The maximum absolute atomic E-state index is 13.7. The van der Waals surface area contributed by atoms with Gasteiger partial charge in [0.2, 0.25) is 0 Å². The quantitative estimate of drug-likeness (QED) is 0.430. The first kappa shape index (κ1) is 9.75. The number of hydrogen-bond donors (Lipinski definition) is 1. The van der Waals surface area contributed by atoms with E-state index in [1.807, 2.05) is 18.2 Å². The molecule has 1 heterocycles. The van der Waals surface area contributed by atoms with Crippen molar-refractivity contribution in [2.75, 3.05) is 0 Å². The summed E-state index contributed by atoms with van der Waals surface area (Å²) in [5.74, 6) is -0.535. The van der Waals surface area contributed by atoms with Crippen molar-refractivity contribution < 1.29 is 22.2 Å². The molecule has 4 rings (SSSR count). The molecule has 0 radical (unpaired) electrons. The highest BCUT2D eigenvalue weighted by molar-refractivity contribution is 6.21. The van der Waals surface area contributed by atoms with Gasteiger partial charge in [-0.1, -0.05) is 62.1 Å². The van der Waals surface area contributed by atoms with E-state index in [4.69, 9.17) is 12.3 Å². The van der Waals surface area contributed by atoms with E-state index in [0.29, 0.717) is 21.9 Å². The Hall–Kier alpha value is -3.07. The highest BCUT2D eigenvalue weighted by Gasteiger charge is 2.19. The summed E-state index contributed by atoms with van der Waals surface area (Å²) in [6, 6.07) is 16.6. The summed E-state index contributed by atoms with van der Waals surface area (Å²) in [6.07, 6.45) is -8.58. The number of benzene rings is 3. The van der Waals surface area contributed by atoms with Crippen LogP contribution in [0.2, 0.25) is 0 Å². The highest BCUT2D eigenvalue weighted by Crippen LogP contribution is 2.29. The summed E-state index contributed by atoms with van der Waals surface area (Å²) in [5.41, 5.74) is 0.811. The lowest BCUT2D eigenvalue weighted by Crippen LogP contribution is -2.02. The minimum atomic E-state index is -3.49. The third kappa shape index (κ3) is 3.21. The first-order chi connectivity index (χ1) is 16.6. The molecule has 0 fully saturated rings. The van der Waals surface area contributed by atoms with Crippen molar-refractivity contribution in [3.05, 3.63) is 78.0 Å². The topological polar surface area (TPSA) is 42.2 Å². The van der Waals surface area contributed by atoms with Gasteiger partial charge in [0.1, 0.15) is 5.75 Å². The van der Waals surface area contributed by atoms with Gasteiger partial charge in [-0.25, -0.2) is 0 Å². The standard InChI is InChI=1S/C24H23NO2/c1-2-3-6-14-25-16-22(21-15-18(26)12-13-23(21)25)24(27)20-11-7-9-17-8-4-5-10-19(17)20/h4-5,7-13,15-16,26H,2-3,6,14H2,1H3/i1D3,2D2,3D2,6D2. The Kier molecular flexibility index (Phi) is 2.63. The van der Waals surface area contributed by atoms with Crippen molar-refractivity contribution in [1.82, 2.24) is 4.57 Å². The monoisotopic (exact) mass is 366 g/mol. The van der Waals surface area contributed by atoms with E-state index in [0.717, 1.165) is 5.39 Å². The van der Waals surface area contributed by atoms with Gasteiger partial charge >= 0.3 is 0 Å². The minimum Gasteiger partial charge on any atom is -0.508 e. The van der Waals surface area contributed by atoms with Gasteiger partial charge in [-0.2, -0.15) is 0 Å². The van der Waals surface area contributed by atoms with Gasteiger partial charge in [0.25, 0.3) is 0 Å². The molecule has 1 aromatic heterocycles. The summed E-state index contributed by atoms with van der Waals surface area (Å²) in [7, 11) is 0. The number of fused-ring (bicyclic) bond motifs is 2. The van der Waals surface area contributed by atoms with Crippen molar-refractivity contribution in [3.8, 4) is 5.75 Å². The van der Waals surface area contributed by atoms with E-state index in [-0.39, 0.29) is 11.3 Å². The van der Waals surface area contributed by atoms with Crippen molar-refractivity contribution >= 4 is 27.5 Å². The summed E-state index contributed by atoms with van der Waals surface area (Å²) < 4.78 is 72.1. The number of ketones is 1. The molecular formula is C24H23NO2. The molecule has 3 nitrogen and oxygen atoms in total. The number of aryl methyl sites for hydroxylation is 1. The molecule has 136 valence electrons. The fraction of sp³-hybridized carbons (Fsp3) is 0.208. The molecule has 3 heteroatoms. The maximum atomic E-state index is 13.7. The maximum Gasteiger partial charge on any atom is 0.195 e. The first-order valence-electron chi connectivity index (χ1n) is 12.9. The first-order valence-corrected chi connectivity index (χ1v) is 8.43. The Morgan fingerprint density at radius 1 is 1.04 bits per heavy atom. The number of carbonyl (C=O) groups excluding carboxylic acids is 1. The second-order valence-electron chi connectivity index (χ2n) is 6.15. The molecule has 0 unspecified atom stereocenters. The van der Waals surface area contributed by atoms with Gasteiger partial charge < -0.3 is 9.67 Å². The minimum absolute atomic E-state index is 0.132. The second-order valence-corrected chi connectivity index (χ2v) is 6.15. The zero-order chi connectivity index (χ0) is 26.7. The Labute approximate surface area is 171 Å². The molecule has 0 aliphatic rings. The van der Waals surface area contributed by atoms with E-state index in [1.54, 1.807) is 24.3 Å². The zero-order valence-corrected chi connectivity index (χ0v) is 14.4.